The largest absolute Gasteiger partial charge is 0.310 e. The van der Waals surface area contributed by atoms with Crippen molar-refractivity contribution in [1.82, 2.24) is 0 Å². The Morgan fingerprint density at radius 1 is 0.262 bits per heavy atom. The molecule has 65 heavy (non-hydrogen) atoms. The highest BCUT2D eigenvalue weighted by Crippen LogP contribution is 2.54. The van der Waals surface area contributed by atoms with E-state index in [1.54, 1.807) is 0 Å². The molecule has 2 aliphatic rings. The van der Waals surface area contributed by atoms with E-state index in [2.05, 4.69) is 245 Å². The molecule has 308 valence electrons. The van der Waals surface area contributed by atoms with Crippen LogP contribution in [0, 0.1) is 0 Å². The molecule has 0 fully saturated rings. The van der Waals surface area contributed by atoms with Gasteiger partial charge in [0.05, 0.1) is 5.69 Å². The number of fused-ring (bicyclic) bond motifs is 10. The van der Waals surface area contributed by atoms with Gasteiger partial charge in [-0.1, -0.05) is 161 Å². The van der Waals surface area contributed by atoms with Crippen molar-refractivity contribution in [2.24, 2.45) is 0 Å². The van der Waals surface area contributed by atoms with Gasteiger partial charge in [0, 0.05) is 27.8 Å². The van der Waals surface area contributed by atoms with Crippen molar-refractivity contribution < 1.29 is 0 Å². The molecule has 0 amide bonds. The van der Waals surface area contributed by atoms with Gasteiger partial charge in [-0.05, 0) is 183 Å². The van der Waals surface area contributed by atoms with E-state index in [4.69, 9.17) is 0 Å². The van der Waals surface area contributed by atoms with E-state index < -0.39 is 0 Å². The third-order valence-electron chi connectivity index (χ3n) is 14.9. The molecule has 0 aromatic heterocycles. The fraction of sp³-hybridized carbons (Fsp3) is 0.0938. The third kappa shape index (κ3) is 5.78. The minimum atomic E-state index is -0.129. The van der Waals surface area contributed by atoms with E-state index in [0.717, 1.165) is 17.1 Å². The highest BCUT2D eigenvalue weighted by molar-refractivity contribution is 6.03. The lowest BCUT2D eigenvalue weighted by Gasteiger charge is -2.29. The van der Waals surface area contributed by atoms with Crippen molar-refractivity contribution in [2.45, 2.75) is 38.5 Å². The van der Waals surface area contributed by atoms with Crippen LogP contribution in [0.15, 0.2) is 212 Å². The normalized spacial score (nSPS) is 14.1. The molecule has 0 aliphatic heterocycles. The maximum Gasteiger partial charge on any atom is 0.0540 e. The van der Waals surface area contributed by atoms with Crippen LogP contribution >= 0.6 is 0 Å². The molecule has 2 aliphatic carbocycles. The van der Waals surface area contributed by atoms with Crippen molar-refractivity contribution in [3.8, 4) is 44.5 Å². The zero-order valence-corrected chi connectivity index (χ0v) is 37.2. The highest BCUT2D eigenvalue weighted by Gasteiger charge is 2.37. The number of anilines is 3. The first-order valence-electron chi connectivity index (χ1n) is 23.0. The Morgan fingerprint density at radius 3 is 1.09 bits per heavy atom. The number of nitrogens with zero attached hydrogens (tertiary/aromatic N) is 1. The monoisotopic (exact) mass is 829 g/mol. The summed E-state index contributed by atoms with van der Waals surface area (Å²) >= 11 is 0. The van der Waals surface area contributed by atoms with Crippen molar-refractivity contribution in [1.29, 1.82) is 0 Å². The number of para-hydroxylation sites is 1. The molecular formula is C64H47N. The van der Waals surface area contributed by atoms with E-state index in [1.807, 2.05) is 0 Å². The Balaban J connectivity index is 0.984. The summed E-state index contributed by atoms with van der Waals surface area (Å²) < 4.78 is 0. The lowest BCUT2D eigenvalue weighted by atomic mass is 9.81. The molecule has 1 heteroatoms. The lowest BCUT2D eigenvalue weighted by molar-refractivity contribution is 0.662. The Kier molecular flexibility index (Phi) is 8.07. The molecule has 1 nitrogen and oxygen atoms in total. The van der Waals surface area contributed by atoms with Gasteiger partial charge < -0.3 is 4.90 Å². The number of hydrogen-bond donors (Lipinski definition) is 0. The third-order valence-corrected chi connectivity index (χ3v) is 14.9. The maximum atomic E-state index is 2.49. The van der Waals surface area contributed by atoms with Crippen molar-refractivity contribution >= 4 is 60.2 Å². The van der Waals surface area contributed by atoms with Gasteiger partial charge in [-0.3, -0.25) is 0 Å². The van der Waals surface area contributed by atoms with Crippen molar-refractivity contribution in [3.05, 3.63) is 235 Å². The summed E-state index contributed by atoms with van der Waals surface area (Å²) in [5, 5.41) is 10.1. The average Bonchev–Trinajstić information content (AvgIpc) is 3.68. The smallest absolute Gasteiger partial charge is 0.0540 e. The number of benzene rings is 11. The van der Waals surface area contributed by atoms with Crippen LogP contribution in [-0.4, -0.2) is 0 Å². The zero-order chi connectivity index (χ0) is 43.6. The van der Waals surface area contributed by atoms with Crippen molar-refractivity contribution in [3.63, 3.8) is 0 Å². The molecule has 0 atom stereocenters. The first kappa shape index (κ1) is 37.8. The molecule has 0 N–H and O–H groups in total. The van der Waals surface area contributed by atoms with Crippen LogP contribution in [-0.2, 0) is 10.8 Å². The Labute approximate surface area is 380 Å². The molecule has 0 heterocycles. The molecule has 0 saturated heterocycles. The molecule has 11 aromatic carbocycles. The summed E-state index contributed by atoms with van der Waals surface area (Å²) in [5.74, 6) is 0. The average molecular weight is 830 g/mol. The number of hydrogen-bond acceptors (Lipinski definition) is 1. The molecule has 0 bridgehead atoms. The standard InChI is InChI=1S/C64H47N/c1-63(2)58-36-45-18-10-8-16-43(45)32-54(58)56-34-47-26-28-51(30-49(47)38-60(56)63)65(62-21-13-12-20-53(62)42-24-22-41(23-25-42)40-14-6-5-7-15-40)52-29-27-48-35-57-55-33-44-17-9-11-19-46(44)37-59(55)64(3,4)61(57)39-50(48)31-52/h5-39H,1-4H3. The van der Waals surface area contributed by atoms with Crippen LogP contribution in [0.1, 0.15) is 49.9 Å². The van der Waals surface area contributed by atoms with Gasteiger partial charge in [0.2, 0.25) is 0 Å². The Bertz CT molecular complexity index is 3570. The summed E-state index contributed by atoms with van der Waals surface area (Å²) in [6.07, 6.45) is 0. The maximum absolute atomic E-state index is 2.49. The van der Waals surface area contributed by atoms with Crippen LogP contribution < -0.4 is 4.90 Å². The summed E-state index contributed by atoms with van der Waals surface area (Å²) in [4.78, 5) is 2.49. The van der Waals surface area contributed by atoms with E-state index >= 15 is 0 Å². The van der Waals surface area contributed by atoms with Gasteiger partial charge in [0.1, 0.15) is 0 Å². The van der Waals surface area contributed by atoms with Gasteiger partial charge in [-0.15, -0.1) is 0 Å². The minimum absolute atomic E-state index is 0.129. The second-order valence-corrected chi connectivity index (χ2v) is 19.4. The molecule has 0 unspecified atom stereocenters. The molecule has 13 rings (SSSR count). The minimum Gasteiger partial charge on any atom is -0.310 e. The quantitative estimate of drug-likeness (QED) is 0.167. The summed E-state index contributed by atoms with van der Waals surface area (Å²) in [6, 6.07) is 79.7. The molecule has 0 spiro atoms. The second-order valence-electron chi connectivity index (χ2n) is 19.4. The summed E-state index contributed by atoms with van der Waals surface area (Å²) in [7, 11) is 0. The van der Waals surface area contributed by atoms with Gasteiger partial charge in [0.25, 0.3) is 0 Å². The molecule has 0 saturated carbocycles. The molecule has 0 radical (unpaired) electrons. The summed E-state index contributed by atoms with van der Waals surface area (Å²) in [5.41, 5.74) is 18.9. The van der Waals surface area contributed by atoms with Crippen LogP contribution in [0.25, 0.3) is 87.6 Å². The first-order chi connectivity index (χ1) is 31.7. The first-order valence-corrected chi connectivity index (χ1v) is 23.0. The molecule has 11 aromatic rings. The Hall–Kier alpha value is -7.74. The van der Waals surface area contributed by atoms with Crippen molar-refractivity contribution in [2.75, 3.05) is 4.90 Å². The van der Waals surface area contributed by atoms with Crippen LogP contribution in [0.5, 0.6) is 0 Å². The van der Waals surface area contributed by atoms with E-state index in [1.165, 1.54) is 110 Å². The topological polar surface area (TPSA) is 3.24 Å². The number of rotatable bonds is 5. The van der Waals surface area contributed by atoms with Crippen LogP contribution in [0.2, 0.25) is 0 Å². The van der Waals surface area contributed by atoms with Gasteiger partial charge in [-0.2, -0.15) is 0 Å². The van der Waals surface area contributed by atoms with E-state index in [-0.39, 0.29) is 10.8 Å². The lowest BCUT2D eigenvalue weighted by Crippen LogP contribution is -2.15. The van der Waals surface area contributed by atoms with Gasteiger partial charge >= 0.3 is 0 Å². The zero-order valence-electron chi connectivity index (χ0n) is 37.2. The van der Waals surface area contributed by atoms with E-state index in [0.29, 0.717) is 0 Å². The predicted octanol–water partition coefficient (Wildman–Crippen LogP) is 17.7. The predicted molar refractivity (Wildman–Crippen MR) is 277 cm³/mol. The fourth-order valence-electron chi connectivity index (χ4n) is 11.4. The van der Waals surface area contributed by atoms with E-state index in [9.17, 15) is 0 Å². The van der Waals surface area contributed by atoms with Gasteiger partial charge in [-0.25, -0.2) is 0 Å². The SMILES string of the molecule is CC1(C)c2cc3ccccc3cc2-c2cc3ccc(N(c4ccc5cc6c(cc5c4)C(C)(C)c4cc5ccccc5cc4-6)c4ccccc4-c4ccc(-c5ccccc5)cc4)cc3cc21. The molecular weight excluding hydrogens is 783 g/mol. The highest BCUT2D eigenvalue weighted by atomic mass is 15.1. The Morgan fingerprint density at radius 2 is 0.615 bits per heavy atom. The summed E-state index contributed by atoms with van der Waals surface area (Å²) in [6.45, 7) is 9.56. The fourth-order valence-corrected chi connectivity index (χ4v) is 11.4. The second kappa shape index (κ2) is 13.9. The van der Waals surface area contributed by atoms with Crippen LogP contribution in [0.4, 0.5) is 17.1 Å². The van der Waals surface area contributed by atoms with Crippen LogP contribution in [0.3, 0.4) is 0 Å². The van der Waals surface area contributed by atoms with Gasteiger partial charge in [0.15, 0.2) is 0 Å².